The molecule has 1 saturated carbocycles. The Hall–Kier alpha value is -1.81. The van der Waals surface area contributed by atoms with E-state index in [1.807, 2.05) is 48.8 Å². The van der Waals surface area contributed by atoms with Crippen molar-refractivity contribution in [3.8, 4) is 5.75 Å². The van der Waals surface area contributed by atoms with Crippen molar-refractivity contribution in [2.24, 2.45) is 0 Å². The Balaban J connectivity index is 1.66. The van der Waals surface area contributed by atoms with Crippen LogP contribution in [0.5, 0.6) is 5.75 Å². The van der Waals surface area contributed by atoms with Crippen LogP contribution in [0.4, 0.5) is 0 Å². The van der Waals surface area contributed by atoms with Crippen molar-refractivity contribution in [3.05, 3.63) is 52.2 Å². The van der Waals surface area contributed by atoms with Crippen LogP contribution in [-0.4, -0.2) is 24.0 Å². The zero-order valence-corrected chi connectivity index (χ0v) is 13.6. The number of carbonyl (C=O) groups is 1. The van der Waals surface area contributed by atoms with Crippen LogP contribution in [0.25, 0.3) is 0 Å². The van der Waals surface area contributed by atoms with E-state index in [1.54, 1.807) is 16.2 Å². The van der Waals surface area contributed by atoms with Crippen LogP contribution in [0.3, 0.4) is 0 Å². The highest BCUT2D eigenvalue weighted by molar-refractivity contribution is 7.09. The van der Waals surface area contributed by atoms with Gasteiger partial charge in [0.05, 0.1) is 12.6 Å². The van der Waals surface area contributed by atoms with Crippen molar-refractivity contribution >= 4 is 17.2 Å². The van der Waals surface area contributed by atoms with E-state index in [4.69, 9.17) is 4.74 Å². The highest BCUT2D eigenvalue weighted by Gasteiger charge is 2.18. The molecule has 0 saturated heterocycles. The molecule has 1 aromatic carbocycles. The molecule has 2 aromatic rings. The number of carbonyl (C=O) groups excluding carboxylic acids is 1. The van der Waals surface area contributed by atoms with E-state index in [-0.39, 0.29) is 5.91 Å². The predicted octanol–water partition coefficient (Wildman–Crippen LogP) is 4.34. The second-order valence-electron chi connectivity index (χ2n) is 5.79. The zero-order chi connectivity index (χ0) is 15.4. The van der Waals surface area contributed by atoms with Crippen LogP contribution < -0.4 is 4.74 Å². The Labute approximate surface area is 135 Å². The maximum absolute atomic E-state index is 12.5. The molecule has 0 spiro atoms. The summed E-state index contributed by atoms with van der Waals surface area (Å²) >= 11 is 1.67. The third kappa shape index (κ3) is 3.69. The fraction of sp³-hybridized carbons (Fsp3) is 0.389. The van der Waals surface area contributed by atoms with E-state index in [0.29, 0.717) is 18.2 Å². The van der Waals surface area contributed by atoms with Gasteiger partial charge in [-0.2, -0.15) is 0 Å². The molecule has 0 bridgehead atoms. The van der Waals surface area contributed by atoms with Crippen LogP contribution in [0.15, 0.2) is 41.8 Å². The first kappa shape index (κ1) is 15.1. The molecule has 1 aliphatic rings. The molecule has 0 radical (unpaired) electrons. The molecule has 0 aliphatic heterocycles. The van der Waals surface area contributed by atoms with Crippen molar-refractivity contribution in [3.63, 3.8) is 0 Å². The smallest absolute Gasteiger partial charge is 0.254 e. The largest absolute Gasteiger partial charge is 0.490 e. The molecule has 1 heterocycles. The first-order chi connectivity index (χ1) is 10.7. The molecule has 1 amide bonds. The van der Waals surface area contributed by atoms with E-state index in [0.717, 1.165) is 18.6 Å². The summed E-state index contributed by atoms with van der Waals surface area (Å²) in [7, 11) is 1.84. The summed E-state index contributed by atoms with van der Waals surface area (Å²) in [6.07, 6.45) is 5.04. The lowest BCUT2D eigenvalue weighted by atomic mass is 10.2. The quantitative estimate of drug-likeness (QED) is 0.821. The number of nitrogens with zero attached hydrogens (tertiary/aromatic N) is 1. The Morgan fingerprint density at radius 1 is 1.27 bits per heavy atom. The third-order valence-corrected chi connectivity index (χ3v) is 4.87. The van der Waals surface area contributed by atoms with Crippen LogP contribution in [0.2, 0.25) is 0 Å². The first-order valence-electron chi connectivity index (χ1n) is 7.77. The molecule has 0 unspecified atom stereocenters. The summed E-state index contributed by atoms with van der Waals surface area (Å²) in [6, 6.07) is 11.6. The lowest BCUT2D eigenvalue weighted by molar-refractivity contribution is 0.0785. The van der Waals surface area contributed by atoms with Gasteiger partial charge >= 0.3 is 0 Å². The summed E-state index contributed by atoms with van der Waals surface area (Å²) in [5.41, 5.74) is 0.689. The number of benzene rings is 1. The molecule has 3 rings (SSSR count). The number of hydrogen-bond acceptors (Lipinski definition) is 3. The molecular weight excluding hydrogens is 294 g/mol. The maximum Gasteiger partial charge on any atom is 0.254 e. The number of rotatable bonds is 5. The van der Waals surface area contributed by atoms with E-state index in [2.05, 4.69) is 0 Å². The molecule has 22 heavy (non-hydrogen) atoms. The van der Waals surface area contributed by atoms with Crippen molar-refractivity contribution in [2.75, 3.05) is 7.05 Å². The molecular formula is C18H21NO2S. The summed E-state index contributed by atoms with van der Waals surface area (Å²) in [6.45, 7) is 0.643. The highest BCUT2D eigenvalue weighted by atomic mass is 32.1. The normalized spacial score (nSPS) is 15.0. The Kier molecular flexibility index (Phi) is 4.78. The predicted molar refractivity (Wildman–Crippen MR) is 89.4 cm³/mol. The SMILES string of the molecule is CN(Cc1cccs1)C(=O)c1cccc(OC2CCCC2)c1. The van der Waals surface area contributed by atoms with Gasteiger partial charge in [-0.05, 0) is 55.3 Å². The van der Waals surface area contributed by atoms with Gasteiger partial charge in [0, 0.05) is 17.5 Å². The van der Waals surface area contributed by atoms with E-state index < -0.39 is 0 Å². The second-order valence-corrected chi connectivity index (χ2v) is 6.82. The molecule has 3 nitrogen and oxygen atoms in total. The third-order valence-electron chi connectivity index (χ3n) is 4.01. The van der Waals surface area contributed by atoms with Crippen molar-refractivity contribution in [1.82, 2.24) is 4.90 Å². The van der Waals surface area contributed by atoms with Crippen molar-refractivity contribution in [2.45, 2.75) is 38.3 Å². The molecule has 0 N–H and O–H groups in total. The van der Waals surface area contributed by atoms with Gasteiger partial charge in [0.1, 0.15) is 5.75 Å². The van der Waals surface area contributed by atoms with E-state index in [1.165, 1.54) is 17.7 Å². The molecule has 4 heteroatoms. The van der Waals surface area contributed by atoms with Crippen LogP contribution in [0, 0.1) is 0 Å². The topological polar surface area (TPSA) is 29.5 Å². The summed E-state index contributed by atoms with van der Waals surface area (Å²) < 4.78 is 5.98. The van der Waals surface area contributed by atoms with Crippen LogP contribution in [-0.2, 0) is 6.54 Å². The molecule has 1 fully saturated rings. The number of amides is 1. The van der Waals surface area contributed by atoms with Gasteiger partial charge in [-0.25, -0.2) is 0 Å². The second kappa shape index (κ2) is 6.97. The molecule has 1 aliphatic carbocycles. The van der Waals surface area contributed by atoms with E-state index >= 15 is 0 Å². The van der Waals surface area contributed by atoms with Gasteiger partial charge in [-0.1, -0.05) is 12.1 Å². The summed E-state index contributed by atoms with van der Waals surface area (Å²) in [5.74, 6) is 0.840. The van der Waals surface area contributed by atoms with Gasteiger partial charge in [0.15, 0.2) is 0 Å². The summed E-state index contributed by atoms with van der Waals surface area (Å²) in [4.78, 5) is 15.5. The van der Waals surface area contributed by atoms with Gasteiger partial charge in [0.25, 0.3) is 5.91 Å². The number of hydrogen-bond donors (Lipinski definition) is 0. The first-order valence-corrected chi connectivity index (χ1v) is 8.65. The standard InChI is InChI=1S/C18H21NO2S/c1-19(13-17-10-5-11-22-17)18(20)14-6-4-9-16(12-14)21-15-7-2-3-8-15/h4-6,9-12,15H,2-3,7-8,13H2,1H3. The minimum atomic E-state index is 0.0327. The van der Waals surface area contributed by atoms with Gasteiger partial charge in [0.2, 0.25) is 0 Å². The van der Waals surface area contributed by atoms with Crippen molar-refractivity contribution < 1.29 is 9.53 Å². The van der Waals surface area contributed by atoms with Gasteiger partial charge in [-0.3, -0.25) is 4.79 Å². The highest BCUT2D eigenvalue weighted by Crippen LogP contribution is 2.25. The van der Waals surface area contributed by atoms with Crippen molar-refractivity contribution in [1.29, 1.82) is 0 Å². The van der Waals surface area contributed by atoms with Crippen LogP contribution in [0.1, 0.15) is 40.9 Å². The van der Waals surface area contributed by atoms with Gasteiger partial charge in [-0.15, -0.1) is 11.3 Å². The summed E-state index contributed by atoms with van der Waals surface area (Å²) in [5, 5.41) is 2.03. The molecule has 116 valence electrons. The zero-order valence-electron chi connectivity index (χ0n) is 12.8. The minimum absolute atomic E-state index is 0.0327. The lowest BCUT2D eigenvalue weighted by Crippen LogP contribution is -2.25. The average molecular weight is 315 g/mol. The Morgan fingerprint density at radius 3 is 2.82 bits per heavy atom. The van der Waals surface area contributed by atoms with E-state index in [9.17, 15) is 4.79 Å². The minimum Gasteiger partial charge on any atom is -0.490 e. The number of ether oxygens (including phenoxy) is 1. The van der Waals surface area contributed by atoms with Crippen LogP contribution >= 0.6 is 11.3 Å². The fourth-order valence-electron chi connectivity index (χ4n) is 2.83. The average Bonchev–Trinajstić information content (AvgIpc) is 3.20. The Morgan fingerprint density at radius 2 is 2.09 bits per heavy atom. The monoisotopic (exact) mass is 315 g/mol. The van der Waals surface area contributed by atoms with Gasteiger partial charge < -0.3 is 9.64 Å². The fourth-order valence-corrected chi connectivity index (χ4v) is 3.59. The lowest BCUT2D eigenvalue weighted by Gasteiger charge is -2.18. The Bertz CT molecular complexity index is 618. The molecule has 1 aromatic heterocycles. The number of thiophene rings is 1. The molecule has 0 atom stereocenters. The maximum atomic E-state index is 12.5.